The Morgan fingerprint density at radius 2 is 1.98 bits per heavy atom. The molecule has 4 heterocycles. The van der Waals surface area contributed by atoms with Crippen LogP contribution in [0.15, 0.2) is 24.4 Å². The normalized spacial score (nSPS) is 21.3. The van der Waals surface area contributed by atoms with Gasteiger partial charge < -0.3 is 28.6 Å². The molecule has 5 rings (SSSR count). The molecule has 2 fully saturated rings. The van der Waals surface area contributed by atoms with Crippen molar-refractivity contribution >= 4 is 22.9 Å². The molecule has 0 spiro atoms. The number of rotatable bonds is 5. The maximum Gasteiger partial charge on any atom is 0.410 e. The molecular formula is C30H37FN6O4. The summed E-state index contributed by atoms with van der Waals surface area (Å²) in [6.45, 7) is 11.2. The van der Waals surface area contributed by atoms with E-state index in [0.717, 1.165) is 18.7 Å². The molecule has 3 aromatic rings. The van der Waals surface area contributed by atoms with Crippen molar-refractivity contribution in [1.82, 2.24) is 19.4 Å². The molecule has 0 unspecified atom stereocenters. The minimum absolute atomic E-state index is 0.0292. The predicted molar refractivity (Wildman–Crippen MR) is 152 cm³/mol. The van der Waals surface area contributed by atoms with Crippen molar-refractivity contribution in [3.05, 3.63) is 35.8 Å². The highest BCUT2D eigenvalue weighted by molar-refractivity contribution is 5.88. The number of nitrogens with zero attached hydrogens (tertiary/aromatic N) is 6. The minimum Gasteiger partial charge on any atom is -0.494 e. The quantitative estimate of drug-likeness (QED) is 0.420. The van der Waals surface area contributed by atoms with Gasteiger partial charge in [0, 0.05) is 36.5 Å². The van der Waals surface area contributed by atoms with Gasteiger partial charge >= 0.3 is 6.09 Å². The summed E-state index contributed by atoms with van der Waals surface area (Å²) in [5, 5.41) is 9.53. The number of halogens is 1. The van der Waals surface area contributed by atoms with Crippen LogP contribution in [0.25, 0.3) is 22.4 Å². The van der Waals surface area contributed by atoms with E-state index in [1.807, 2.05) is 43.5 Å². The molecule has 2 aliphatic heterocycles. The largest absolute Gasteiger partial charge is 0.494 e. The first-order chi connectivity index (χ1) is 19.5. The fourth-order valence-electron chi connectivity index (χ4n) is 5.72. The lowest BCUT2D eigenvalue weighted by atomic mass is 10.1. The highest BCUT2D eigenvalue weighted by Gasteiger charge is 2.32. The number of morpholine rings is 1. The monoisotopic (exact) mass is 564 g/mol. The van der Waals surface area contributed by atoms with E-state index in [4.69, 9.17) is 19.2 Å². The van der Waals surface area contributed by atoms with Gasteiger partial charge in [-0.2, -0.15) is 5.26 Å². The molecule has 1 aromatic carbocycles. The fourth-order valence-corrected chi connectivity index (χ4v) is 5.72. The lowest BCUT2D eigenvalue weighted by Crippen LogP contribution is -2.48. The third kappa shape index (κ3) is 5.66. The van der Waals surface area contributed by atoms with E-state index < -0.39 is 23.6 Å². The zero-order valence-electron chi connectivity index (χ0n) is 24.5. The summed E-state index contributed by atoms with van der Waals surface area (Å²) in [6, 6.07) is 7.96. The second-order valence-corrected chi connectivity index (χ2v) is 11.8. The Kier molecular flexibility index (Phi) is 7.79. The van der Waals surface area contributed by atoms with E-state index in [2.05, 4.69) is 23.7 Å². The molecule has 0 bridgehead atoms. The number of fused-ring (bicyclic) bond motifs is 1. The number of nitriles is 1. The molecule has 0 saturated carbocycles. The number of benzene rings is 1. The number of pyridine rings is 1. The number of anilines is 1. The van der Waals surface area contributed by atoms with E-state index in [9.17, 15) is 10.1 Å². The van der Waals surface area contributed by atoms with Crippen LogP contribution in [-0.2, 0) is 16.0 Å². The molecular weight excluding hydrogens is 527 g/mol. The van der Waals surface area contributed by atoms with Crippen LogP contribution in [0.5, 0.6) is 5.75 Å². The lowest BCUT2D eigenvalue weighted by molar-refractivity contribution is -0.0468. The van der Waals surface area contributed by atoms with Gasteiger partial charge in [-0.25, -0.2) is 19.2 Å². The Hall–Kier alpha value is -3.91. The van der Waals surface area contributed by atoms with E-state index in [-0.39, 0.29) is 24.2 Å². The van der Waals surface area contributed by atoms with Crippen molar-refractivity contribution in [2.75, 3.05) is 31.7 Å². The zero-order valence-corrected chi connectivity index (χ0v) is 24.5. The van der Waals surface area contributed by atoms with E-state index in [1.165, 1.54) is 13.2 Å². The first kappa shape index (κ1) is 28.6. The number of amides is 1. The van der Waals surface area contributed by atoms with Gasteiger partial charge in [0.05, 0.1) is 38.5 Å². The highest BCUT2D eigenvalue weighted by atomic mass is 19.1. The third-order valence-electron chi connectivity index (χ3n) is 7.66. The molecule has 2 aromatic heterocycles. The Morgan fingerprint density at radius 3 is 2.59 bits per heavy atom. The van der Waals surface area contributed by atoms with Gasteiger partial charge in [-0.1, -0.05) is 0 Å². The van der Waals surface area contributed by atoms with Crippen molar-refractivity contribution in [2.45, 2.75) is 77.8 Å². The molecule has 2 aliphatic rings. The average molecular weight is 565 g/mol. The zero-order chi connectivity index (χ0) is 29.5. The average Bonchev–Trinajstić information content (AvgIpc) is 3.48. The number of imidazole rings is 1. The lowest BCUT2D eigenvalue weighted by Gasteiger charge is -2.34. The summed E-state index contributed by atoms with van der Waals surface area (Å²) < 4.78 is 34.5. The molecule has 41 heavy (non-hydrogen) atoms. The number of methoxy groups -OCH3 is 1. The Labute approximate surface area is 239 Å². The van der Waals surface area contributed by atoms with Crippen LogP contribution in [0, 0.1) is 17.1 Å². The van der Waals surface area contributed by atoms with Crippen LogP contribution in [0.2, 0.25) is 0 Å². The van der Waals surface area contributed by atoms with Gasteiger partial charge in [0.1, 0.15) is 40.1 Å². The summed E-state index contributed by atoms with van der Waals surface area (Å²) in [5.41, 5.74) is 0.348. The van der Waals surface area contributed by atoms with Crippen LogP contribution < -0.4 is 9.64 Å². The standard InChI is InChI=1S/C30H37FN6O4/c1-18-7-8-19(2)37(18)24-10-9-20(15-33-24)28-34-26-25(31)21(14-32)13-23(39-6)27(26)36(28)17-22-16-35(11-12-40-22)29(38)41-30(3,4)5/h9-10,13,15,18-19,22H,7-8,11-12,16-17H2,1-6H3/t18-,19-,22-/m0/s1. The van der Waals surface area contributed by atoms with Crippen molar-refractivity contribution in [3.8, 4) is 23.2 Å². The Bertz CT molecular complexity index is 1470. The molecule has 1 amide bonds. The topological polar surface area (TPSA) is 106 Å². The SMILES string of the molecule is COc1cc(C#N)c(F)c2nc(-c3ccc(N4[C@@H](C)CC[C@@H]4C)nc3)n(C[C@@H]3CN(C(=O)OC(C)(C)C)CCO3)c12. The minimum atomic E-state index is -0.715. The van der Waals surface area contributed by atoms with E-state index in [0.29, 0.717) is 47.9 Å². The number of ether oxygens (including phenoxy) is 3. The first-order valence-electron chi connectivity index (χ1n) is 14.0. The van der Waals surface area contributed by atoms with Crippen LogP contribution >= 0.6 is 0 Å². The summed E-state index contributed by atoms with van der Waals surface area (Å²) in [7, 11) is 1.47. The second-order valence-electron chi connectivity index (χ2n) is 11.8. The summed E-state index contributed by atoms with van der Waals surface area (Å²) in [6.07, 6.45) is 3.14. The van der Waals surface area contributed by atoms with E-state index in [1.54, 1.807) is 11.1 Å². The Morgan fingerprint density at radius 1 is 1.24 bits per heavy atom. The maximum absolute atomic E-state index is 15.5. The number of carbonyl (C=O) groups is 1. The second kappa shape index (κ2) is 11.2. The number of aromatic nitrogens is 3. The van der Waals surface area contributed by atoms with Gasteiger partial charge in [-0.05, 0) is 59.6 Å². The van der Waals surface area contributed by atoms with Gasteiger partial charge in [0.15, 0.2) is 5.82 Å². The maximum atomic E-state index is 15.5. The molecule has 0 radical (unpaired) electrons. The summed E-state index contributed by atoms with van der Waals surface area (Å²) >= 11 is 0. The number of hydrogen-bond donors (Lipinski definition) is 0. The molecule has 0 aliphatic carbocycles. The van der Waals surface area contributed by atoms with Gasteiger partial charge in [0.25, 0.3) is 0 Å². The molecule has 10 nitrogen and oxygen atoms in total. The summed E-state index contributed by atoms with van der Waals surface area (Å²) in [4.78, 5) is 26.1. The third-order valence-corrected chi connectivity index (χ3v) is 7.66. The summed E-state index contributed by atoms with van der Waals surface area (Å²) in [5.74, 6) is 0.952. The van der Waals surface area contributed by atoms with Crippen molar-refractivity contribution in [3.63, 3.8) is 0 Å². The predicted octanol–water partition coefficient (Wildman–Crippen LogP) is 5.13. The van der Waals surface area contributed by atoms with Crippen LogP contribution in [0.1, 0.15) is 53.0 Å². The van der Waals surface area contributed by atoms with Crippen molar-refractivity contribution in [2.24, 2.45) is 0 Å². The van der Waals surface area contributed by atoms with Gasteiger partial charge in [-0.3, -0.25) is 0 Å². The van der Waals surface area contributed by atoms with Crippen molar-refractivity contribution in [1.29, 1.82) is 5.26 Å². The highest BCUT2D eigenvalue weighted by Crippen LogP contribution is 2.36. The van der Waals surface area contributed by atoms with Gasteiger partial charge in [0.2, 0.25) is 0 Å². The fraction of sp³-hybridized carbons (Fsp3) is 0.533. The molecule has 0 N–H and O–H groups in total. The molecule has 218 valence electrons. The van der Waals surface area contributed by atoms with Crippen LogP contribution in [0.4, 0.5) is 15.0 Å². The smallest absolute Gasteiger partial charge is 0.410 e. The molecule has 2 saturated heterocycles. The van der Waals surface area contributed by atoms with Crippen molar-refractivity contribution < 1.29 is 23.4 Å². The van der Waals surface area contributed by atoms with Crippen LogP contribution in [0.3, 0.4) is 0 Å². The first-order valence-corrected chi connectivity index (χ1v) is 14.0. The molecule has 11 heteroatoms. The Balaban J connectivity index is 1.54. The van der Waals surface area contributed by atoms with E-state index >= 15 is 4.39 Å². The van der Waals surface area contributed by atoms with Crippen LogP contribution in [-0.4, -0.2) is 76.1 Å². The number of hydrogen-bond acceptors (Lipinski definition) is 8. The number of carbonyl (C=O) groups excluding carboxylic acids is 1. The molecule has 3 atom stereocenters. The van der Waals surface area contributed by atoms with Gasteiger partial charge in [-0.15, -0.1) is 0 Å².